The number of aryl methyl sites for hydroxylation is 1. The van der Waals surface area contributed by atoms with Crippen molar-refractivity contribution in [2.24, 2.45) is 0 Å². The van der Waals surface area contributed by atoms with Gasteiger partial charge in [-0.3, -0.25) is 4.98 Å². The first-order valence-electron chi connectivity index (χ1n) is 11.8. The maximum absolute atomic E-state index is 4.54. The molecule has 2 aromatic heterocycles. The van der Waals surface area contributed by atoms with Crippen molar-refractivity contribution in [1.82, 2.24) is 4.98 Å². The molecule has 160 valence electrons. The van der Waals surface area contributed by atoms with Gasteiger partial charge in [-0.15, -0.1) is 11.3 Å². The fourth-order valence-corrected chi connectivity index (χ4v) is 6.99. The van der Waals surface area contributed by atoms with Crippen molar-refractivity contribution in [3.8, 4) is 11.1 Å². The van der Waals surface area contributed by atoms with Crippen LogP contribution in [0.15, 0.2) is 91.3 Å². The minimum absolute atomic E-state index is 1.12. The summed E-state index contributed by atoms with van der Waals surface area (Å²) in [5.41, 5.74) is 8.87. The summed E-state index contributed by atoms with van der Waals surface area (Å²) in [7, 11) is 0. The number of anilines is 3. The average molecular weight is 453 g/mol. The van der Waals surface area contributed by atoms with Crippen molar-refractivity contribution in [3.63, 3.8) is 0 Å². The molecule has 6 aromatic rings. The van der Waals surface area contributed by atoms with Crippen LogP contribution >= 0.6 is 11.3 Å². The van der Waals surface area contributed by atoms with Crippen LogP contribution in [0.4, 0.5) is 17.1 Å². The van der Waals surface area contributed by atoms with E-state index in [-0.39, 0.29) is 0 Å². The highest BCUT2D eigenvalue weighted by Crippen LogP contribution is 2.53. The Kier molecular flexibility index (Phi) is 3.69. The van der Waals surface area contributed by atoms with Crippen LogP contribution in [-0.2, 0) is 6.42 Å². The molecule has 3 heteroatoms. The van der Waals surface area contributed by atoms with Crippen LogP contribution in [0, 0.1) is 0 Å². The second-order valence-corrected chi connectivity index (χ2v) is 10.2. The predicted molar refractivity (Wildman–Crippen MR) is 146 cm³/mol. The normalized spacial score (nSPS) is 14.1. The molecule has 0 atom stereocenters. The van der Waals surface area contributed by atoms with Crippen LogP contribution in [0.3, 0.4) is 0 Å². The number of hydrogen-bond acceptors (Lipinski definition) is 3. The van der Waals surface area contributed by atoms with Crippen molar-refractivity contribution in [1.29, 1.82) is 0 Å². The summed E-state index contributed by atoms with van der Waals surface area (Å²) < 4.78 is 2.67. The number of benzene rings is 4. The van der Waals surface area contributed by atoms with Crippen LogP contribution in [0.5, 0.6) is 0 Å². The van der Waals surface area contributed by atoms with Crippen molar-refractivity contribution >= 4 is 65.4 Å². The van der Waals surface area contributed by atoms with Crippen LogP contribution in [0.25, 0.3) is 48.1 Å². The van der Waals surface area contributed by atoms with Gasteiger partial charge in [-0.25, -0.2) is 0 Å². The Hall–Kier alpha value is -3.95. The smallest absolute Gasteiger partial charge is 0.0571 e. The molecule has 0 N–H and O–H groups in total. The molecule has 1 aliphatic heterocycles. The van der Waals surface area contributed by atoms with Gasteiger partial charge in [0.25, 0.3) is 0 Å². The molecule has 0 fully saturated rings. The van der Waals surface area contributed by atoms with Crippen molar-refractivity contribution < 1.29 is 0 Å². The molecule has 1 aliphatic carbocycles. The Balaban J connectivity index is 1.51. The summed E-state index contributed by atoms with van der Waals surface area (Å²) >= 11 is 1.88. The molecule has 8 rings (SSSR count). The molecule has 34 heavy (non-hydrogen) atoms. The molecule has 0 saturated carbocycles. The lowest BCUT2D eigenvalue weighted by Gasteiger charge is -2.34. The van der Waals surface area contributed by atoms with Crippen LogP contribution in [0.1, 0.15) is 17.5 Å². The maximum Gasteiger partial charge on any atom is 0.0571 e. The summed E-state index contributed by atoms with van der Waals surface area (Å²) in [6.45, 7) is 0. The molecule has 2 nitrogen and oxygen atoms in total. The molecule has 0 radical (unpaired) electrons. The van der Waals surface area contributed by atoms with Crippen LogP contribution < -0.4 is 4.90 Å². The van der Waals surface area contributed by atoms with Gasteiger partial charge in [0.05, 0.1) is 11.4 Å². The molecule has 0 amide bonds. The van der Waals surface area contributed by atoms with Crippen molar-refractivity contribution in [2.75, 3.05) is 4.90 Å². The number of hydrogen-bond donors (Lipinski definition) is 0. The third-order valence-electron chi connectivity index (χ3n) is 7.31. The van der Waals surface area contributed by atoms with Gasteiger partial charge in [-0.05, 0) is 71.3 Å². The highest BCUT2D eigenvalue weighted by Gasteiger charge is 2.28. The SMILES string of the molecule is C1=Cc2cc(N3c4ccncc4-c4cc5sc6ccccc6c5c5cccc3c45)ccc2CC1. The summed E-state index contributed by atoms with van der Waals surface area (Å²) in [5, 5.41) is 5.34. The fourth-order valence-electron chi connectivity index (χ4n) is 5.83. The number of pyridine rings is 1. The molecule has 4 aromatic carbocycles. The number of nitrogens with zero attached hydrogens (tertiary/aromatic N) is 2. The summed E-state index contributed by atoms with van der Waals surface area (Å²) in [4.78, 5) is 6.97. The topological polar surface area (TPSA) is 16.1 Å². The van der Waals surface area contributed by atoms with E-state index < -0.39 is 0 Å². The highest BCUT2D eigenvalue weighted by molar-refractivity contribution is 7.26. The van der Waals surface area contributed by atoms with Gasteiger partial charge in [0.1, 0.15) is 0 Å². The monoisotopic (exact) mass is 452 g/mol. The number of thiophene rings is 1. The first-order chi connectivity index (χ1) is 16.9. The largest absolute Gasteiger partial charge is 0.309 e. The molecule has 0 unspecified atom stereocenters. The maximum atomic E-state index is 4.54. The summed E-state index contributed by atoms with van der Waals surface area (Å²) in [6.07, 6.45) is 10.7. The zero-order valence-electron chi connectivity index (χ0n) is 18.5. The molecule has 0 spiro atoms. The van der Waals surface area contributed by atoms with E-state index in [4.69, 9.17) is 0 Å². The molecular weight excluding hydrogens is 432 g/mol. The summed E-state index contributed by atoms with van der Waals surface area (Å²) in [5.74, 6) is 0. The second kappa shape index (κ2) is 6.78. The predicted octanol–water partition coefficient (Wildman–Crippen LogP) is 9.01. The van der Waals surface area contributed by atoms with E-state index in [0.29, 0.717) is 0 Å². The Morgan fingerprint density at radius 3 is 2.71 bits per heavy atom. The number of fused-ring (bicyclic) bond motifs is 7. The third-order valence-corrected chi connectivity index (χ3v) is 8.43. The Bertz CT molecular complexity index is 1830. The standard InChI is InChI=1S/C31H20N2S/c1-2-7-20-16-21(13-12-19(20)6-1)33-26-14-15-32-18-25(26)24-17-29-31(22-8-3-4-11-28(22)34-29)23-9-5-10-27(33)30(23)24/h2-5,7-18H,1,6H2. The van der Waals surface area contributed by atoms with Gasteiger partial charge in [0, 0.05) is 49.2 Å². The van der Waals surface area contributed by atoms with Crippen molar-refractivity contribution in [2.45, 2.75) is 12.8 Å². The van der Waals surface area contributed by atoms with E-state index in [2.05, 4.69) is 94.8 Å². The van der Waals surface area contributed by atoms with Gasteiger partial charge in [0.2, 0.25) is 0 Å². The van der Waals surface area contributed by atoms with Gasteiger partial charge >= 0.3 is 0 Å². The first kappa shape index (κ1) is 18.5. The lowest BCUT2D eigenvalue weighted by molar-refractivity contribution is 0.985. The number of aromatic nitrogens is 1. The van der Waals surface area contributed by atoms with Gasteiger partial charge in [0.15, 0.2) is 0 Å². The molecule has 0 bridgehead atoms. The quantitative estimate of drug-likeness (QED) is 0.247. The van der Waals surface area contributed by atoms with Crippen molar-refractivity contribution in [3.05, 3.63) is 102 Å². The minimum atomic E-state index is 1.12. The number of allylic oxidation sites excluding steroid dienone is 1. The lowest BCUT2D eigenvalue weighted by Crippen LogP contribution is -2.15. The van der Waals surface area contributed by atoms with Crippen LogP contribution in [-0.4, -0.2) is 4.98 Å². The fraction of sp³-hybridized carbons (Fsp3) is 0.0645. The summed E-state index contributed by atoms with van der Waals surface area (Å²) in [6, 6.07) is 27.0. The van der Waals surface area contributed by atoms with E-state index in [1.807, 2.05) is 23.7 Å². The van der Waals surface area contributed by atoms with E-state index >= 15 is 0 Å². The Morgan fingerprint density at radius 2 is 1.71 bits per heavy atom. The van der Waals surface area contributed by atoms with Gasteiger partial charge < -0.3 is 4.90 Å². The van der Waals surface area contributed by atoms with E-state index in [9.17, 15) is 0 Å². The van der Waals surface area contributed by atoms with E-state index in [1.165, 1.54) is 70.3 Å². The van der Waals surface area contributed by atoms with E-state index in [0.717, 1.165) is 12.8 Å². The lowest BCUT2D eigenvalue weighted by atomic mass is 9.89. The minimum Gasteiger partial charge on any atom is -0.309 e. The zero-order valence-corrected chi connectivity index (χ0v) is 19.3. The van der Waals surface area contributed by atoms with Crippen LogP contribution in [0.2, 0.25) is 0 Å². The number of rotatable bonds is 1. The Morgan fingerprint density at radius 1 is 0.765 bits per heavy atom. The molecule has 0 saturated heterocycles. The van der Waals surface area contributed by atoms with E-state index in [1.54, 1.807) is 0 Å². The zero-order chi connectivity index (χ0) is 22.2. The second-order valence-electron chi connectivity index (χ2n) is 9.15. The highest BCUT2D eigenvalue weighted by atomic mass is 32.1. The van der Waals surface area contributed by atoms with Gasteiger partial charge in [-0.2, -0.15) is 0 Å². The molecular formula is C31H20N2S. The molecule has 2 aliphatic rings. The average Bonchev–Trinajstić information content (AvgIpc) is 3.27. The third kappa shape index (κ3) is 2.42. The van der Waals surface area contributed by atoms with Gasteiger partial charge in [-0.1, -0.05) is 48.6 Å². The Labute approximate surface area is 201 Å². The first-order valence-corrected chi connectivity index (χ1v) is 12.6. The molecule has 3 heterocycles.